The number of carbonyl (C=O) groups is 1. The van der Waals surface area contributed by atoms with E-state index in [0.29, 0.717) is 26.1 Å². The molecule has 1 saturated heterocycles. The van der Waals surface area contributed by atoms with Gasteiger partial charge in [-0.25, -0.2) is 13.2 Å². The molecule has 1 aromatic rings. The van der Waals surface area contributed by atoms with Crippen LogP contribution in [0.15, 0.2) is 24.3 Å². The highest BCUT2D eigenvalue weighted by Gasteiger charge is 2.28. The van der Waals surface area contributed by atoms with Crippen LogP contribution in [0.5, 0.6) is 5.75 Å². The molecule has 6 nitrogen and oxygen atoms in total. The third kappa shape index (κ3) is 5.42. The van der Waals surface area contributed by atoms with E-state index >= 15 is 0 Å². The molecular weight excluding hydrogens is 316 g/mol. The molecule has 7 heteroatoms. The molecule has 1 aliphatic heterocycles. The molecule has 0 saturated carbocycles. The van der Waals surface area contributed by atoms with Gasteiger partial charge in [-0.2, -0.15) is 0 Å². The quantitative estimate of drug-likeness (QED) is 0.854. The maximum Gasteiger partial charge on any atom is 0.317 e. The number of nitrogens with zero attached hydrogens (tertiary/aromatic N) is 1. The number of urea groups is 1. The highest BCUT2D eigenvalue weighted by atomic mass is 32.2. The first-order chi connectivity index (χ1) is 10.9. The summed E-state index contributed by atoms with van der Waals surface area (Å²) < 4.78 is 28.2. The fourth-order valence-electron chi connectivity index (χ4n) is 2.60. The minimum absolute atomic E-state index is 0.0304. The Kier molecular flexibility index (Phi) is 5.87. The molecule has 0 unspecified atom stereocenters. The third-order valence-corrected chi connectivity index (χ3v) is 5.71. The molecular formula is C16H24N2O4S. The van der Waals surface area contributed by atoms with Gasteiger partial charge in [0.05, 0.1) is 18.1 Å². The monoisotopic (exact) mass is 340 g/mol. The van der Waals surface area contributed by atoms with Crippen molar-refractivity contribution in [1.82, 2.24) is 10.2 Å². The van der Waals surface area contributed by atoms with Crippen LogP contribution in [0.4, 0.5) is 4.79 Å². The van der Waals surface area contributed by atoms with E-state index in [1.54, 1.807) is 11.9 Å². The summed E-state index contributed by atoms with van der Waals surface area (Å²) in [4.78, 5) is 13.7. The second-order valence-electron chi connectivity index (χ2n) is 5.89. The zero-order valence-corrected chi connectivity index (χ0v) is 14.4. The number of nitrogens with one attached hydrogen (secondary N) is 1. The zero-order valence-electron chi connectivity index (χ0n) is 13.6. The van der Waals surface area contributed by atoms with E-state index < -0.39 is 9.84 Å². The van der Waals surface area contributed by atoms with E-state index in [-0.39, 0.29) is 23.5 Å². The van der Waals surface area contributed by atoms with Gasteiger partial charge in [0.1, 0.15) is 5.75 Å². The lowest BCUT2D eigenvalue weighted by molar-refractivity contribution is 0.205. The first-order valence-corrected chi connectivity index (χ1v) is 9.63. The first-order valence-electron chi connectivity index (χ1n) is 7.80. The van der Waals surface area contributed by atoms with Crippen LogP contribution in [0.2, 0.25) is 0 Å². The van der Waals surface area contributed by atoms with E-state index in [0.717, 1.165) is 11.3 Å². The molecule has 1 heterocycles. The summed E-state index contributed by atoms with van der Waals surface area (Å²) in [6.07, 6.45) is 0.630. The van der Waals surface area contributed by atoms with E-state index in [2.05, 4.69) is 5.32 Å². The van der Waals surface area contributed by atoms with Crippen LogP contribution < -0.4 is 10.1 Å². The molecule has 1 atom stereocenters. The van der Waals surface area contributed by atoms with Gasteiger partial charge in [0.2, 0.25) is 0 Å². The fourth-order valence-corrected chi connectivity index (χ4v) is 4.46. The molecule has 1 N–H and O–H groups in total. The minimum Gasteiger partial charge on any atom is -0.494 e. The molecule has 0 aromatic heterocycles. The number of rotatable bonds is 6. The van der Waals surface area contributed by atoms with Crippen molar-refractivity contribution in [3.63, 3.8) is 0 Å². The summed E-state index contributed by atoms with van der Waals surface area (Å²) >= 11 is 0. The molecule has 1 aliphatic rings. The fraction of sp³-hybridized carbons (Fsp3) is 0.562. The van der Waals surface area contributed by atoms with Crippen molar-refractivity contribution in [2.75, 3.05) is 31.7 Å². The number of carbonyl (C=O) groups excluding carboxylic acids is 1. The van der Waals surface area contributed by atoms with Crippen molar-refractivity contribution in [1.29, 1.82) is 0 Å². The number of sulfone groups is 1. The molecule has 1 aromatic carbocycles. The van der Waals surface area contributed by atoms with E-state index in [1.165, 1.54) is 0 Å². The third-order valence-electron chi connectivity index (χ3n) is 3.87. The SMILES string of the molecule is CCOc1ccc(CN(C)C(=O)NC[C@H]2CCS(=O)(=O)C2)cc1. The number of amides is 2. The molecule has 128 valence electrons. The first kappa shape index (κ1) is 17.6. The second kappa shape index (κ2) is 7.68. The van der Waals surface area contributed by atoms with Gasteiger partial charge in [0, 0.05) is 20.1 Å². The summed E-state index contributed by atoms with van der Waals surface area (Å²) in [5, 5.41) is 2.81. The molecule has 0 bridgehead atoms. The molecule has 0 spiro atoms. The lowest BCUT2D eigenvalue weighted by atomic mass is 10.1. The topological polar surface area (TPSA) is 75.7 Å². The Morgan fingerprint density at radius 3 is 2.61 bits per heavy atom. The Hall–Kier alpha value is -1.76. The summed E-state index contributed by atoms with van der Waals surface area (Å²) in [5.41, 5.74) is 1.01. The van der Waals surface area contributed by atoms with E-state index in [4.69, 9.17) is 4.74 Å². The maximum atomic E-state index is 12.1. The number of benzene rings is 1. The van der Waals surface area contributed by atoms with Crippen LogP contribution in [0.3, 0.4) is 0 Å². The number of hydrogen-bond acceptors (Lipinski definition) is 4. The van der Waals surface area contributed by atoms with Gasteiger partial charge < -0.3 is 15.0 Å². The molecule has 23 heavy (non-hydrogen) atoms. The van der Waals surface area contributed by atoms with E-state index in [1.807, 2.05) is 31.2 Å². The average molecular weight is 340 g/mol. The van der Waals surface area contributed by atoms with Crippen LogP contribution >= 0.6 is 0 Å². The van der Waals surface area contributed by atoms with Crippen LogP contribution in [0.25, 0.3) is 0 Å². The van der Waals surface area contributed by atoms with Gasteiger partial charge in [-0.3, -0.25) is 0 Å². The molecule has 0 radical (unpaired) electrons. The molecule has 2 amide bonds. The normalized spacial score (nSPS) is 19.3. The lowest BCUT2D eigenvalue weighted by Crippen LogP contribution is -2.39. The zero-order chi connectivity index (χ0) is 16.9. The van der Waals surface area contributed by atoms with Crippen LogP contribution in [0, 0.1) is 5.92 Å². The predicted molar refractivity (Wildman–Crippen MR) is 89.2 cm³/mol. The predicted octanol–water partition coefficient (Wildman–Crippen LogP) is 1.66. The highest BCUT2D eigenvalue weighted by Crippen LogP contribution is 2.17. The Balaban J connectivity index is 1.78. The Labute approximate surface area is 137 Å². The molecule has 2 rings (SSSR count). The van der Waals surface area contributed by atoms with Gasteiger partial charge in [0.25, 0.3) is 0 Å². The van der Waals surface area contributed by atoms with Crippen molar-refractivity contribution in [2.45, 2.75) is 19.9 Å². The second-order valence-corrected chi connectivity index (χ2v) is 8.12. The maximum absolute atomic E-state index is 12.1. The van der Waals surface area contributed by atoms with Crippen molar-refractivity contribution < 1.29 is 17.9 Å². The summed E-state index contributed by atoms with van der Waals surface area (Å²) in [6, 6.07) is 7.43. The summed E-state index contributed by atoms with van der Waals surface area (Å²) in [6.45, 7) is 3.45. The van der Waals surface area contributed by atoms with Gasteiger partial charge in [-0.1, -0.05) is 12.1 Å². The number of hydrogen-bond donors (Lipinski definition) is 1. The van der Waals surface area contributed by atoms with Crippen molar-refractivity contribution >= 4 is 15.9 Å². The number of ether oxygens (including phenoxy) is 1. The molecule has 1 fully saturated rings. The van der Waals surface area contributed by atoms with Crippen LogP contribution in [-0.2, 0) is 16.4 Å². The average Bonchev–Trinajstić information content (AvgIpc) is 2.86. The standard InChI is InChI=1S/C16H24N2O4S/c1-3-22-15-6-4-13(5-7-15)11-18(2)16(19)17-10-14-8-9-23(20,21)12-14/h4-7,14H,3,8-12H2,1-2H3,(H,17,19)/t14-/m1/s1. The van der Waals surface area contributed by atoms with Crippen LogP contribution in [0.1, 0.15) is 18.9 Å². The van der Waals surface area contributed by atoms with Crippen molar-refractivity contribution in [3.8, 4) is 5.75 Å². The largest absolute Gasteiger partial charge is 0.494 e. The minimum atomic E-state index is -2.90. The van der Waals surface area contributed by atoms with Crippen molar-refractivity contribution in [2.24, 2.45) is 5.92 Å². The summed E-state index contributed by atoms with van der Waals surface area (Å²) in [7, 11) is -1.18. The van der Waals surface area contributed by atoms with Crippen LogP contribution in [-0.4, -0.2) is 51.1 Å². The van der Waals surface area contributed by atoms with Gasteiger partial charge in [0.15, 0.2) is 9.84 Å². The molecule has 0 aliphatic carbocycles. The Morgan fingerprint density at radius 1 is 1.35 bits per heavy atom. The van der Waals surface area contributed by atoms with Gasteiger partial charge in [-0.15, -0.1) is 0 Å². The Bertz CT molecular complexity index is 628. The Morgan fingerprint density at radius 2 is 2.04 bits per heavy atom. The lowest BCUT2D eigenvalue weighted by Gasteiger charge is -2.19. The summed E-state index contributed by atoms with van der Waals surface area (Å²) in [5.74, 6) is 1.25. The smallest absolute Gasteiger partial charge is 0.317 e. The van der Waals surface area contributed by atoms with Gasteiger partial charge >= 0.3 is 6.03 Å². The van der Waals surface area contributed by atoms with Gasteiger partial charge in [-0.05, 0) is 37.0 Å². The van der Waals surface area contributed by atoms with Crippen molar-refractivity contribution in [3.05, 3.63) is 29.8 Å². The highest BCUT2D eigenvalue weighted by molar-refractivity contribution is 7.91. The van der Waals surface area contributed by atoms with E-state index in [9.17, 15) is 13.2 Å².